The predicted octanol–water partition coefficient (Wildman–Crippen LogP) is 3.75. The lowest BCUT2D eigenvalue weighted by Gasteiger charge is -1.94. The summed E-state index contributed by atoms with van der Waals surface area (Å²) in [5.74, 6) is -0.345. The van der Waals surface area contributed by atoms with E-state index in [1.54, 1.807) is 6.07 Å². The summed E-state index contributed by atoms with van der Waals surface area (Å²) in [4.78, 5) is 14.5. The van der Waals surface area contributed by atoms with E-state index in [-0.39, 0.29) is 5.97 Å². The van der Waals surface area contributed by atoms with E-state index in [2.05, 4.69) is 37.8 Å². The zero-order valence-corrected chi connectivity index (χ0v) is 11.7. The number of esters is 1. The van der Waals surface area contributed by atoms with Crippen LogP contribution >= 0.6 is 15.9 Å². The quantitative estimate of drug-likeness (QED) is 0.690. The van der Waals surface area contributed by atoms with Crippen LogP contribution in [-0.2, 0) is 4.74 Å². The summed E-state index contributed by atoms with van der Waals surface area (Å²) in [6.45, 7) is 0. The van der Waals surface area contributed by atoms with Gasteiger partial charge in [0.2, 0.25) is 0 Å². The van der Waals surface area contributed by atoms with Crippen LogP contribution in [0.5, 0.6) is 0 Å². The Balaban J connectivity index is 2.30. The number of fused-ring (bicyclic) bond motifs is 1. The van der Waals surface area contributed by atoms with Gasteiger partial charge in [-0.15, -0.1) is 0 Å². The van der Waals surface area contributed by atoms with Gasteiger partial charge in [-0.3, -0.25) is 0 Å². The summed E-state index contributed by atoms with van der Waals surface area (Å²) in [7, 11) is 1.38. The molecule has 0 atom stereocenters. The number of hydrogen-bond donors (Lipinski definition) is 1. The fourth-order valence-electron chi connectivity index (χ4n) is 1.75. The Bertz CT molecular complexity index is 586. The first kappa shape index (κ1) is 12.9. The number of ether oxygens (including phenoxy) is 1. The van der Waals surface area contributed by atoms with Gasteiger partial charge in [-0.25, -0.2) is 4.79 Å². The normalized spacial score (nSPS) is 11.2. The first-order chi connectivity index (χ1) is 8.74. The summed E-state index contributed by atoms with van der Waals surface area (Å²) in [6.07, 6.45) is 5.18. The molecule has 0 bridgehead atoms. The van der Waals surface area contributed by atoms with Crippen LogP contribution in [0.1, 0.15) is 22.5 Å². The second kappa shape index (κ2) is 5.87. The van der Waals surface area contributed by atoms with E-state index in [4.69, 9.17) is 0 Å². The minimum Gasteiger partial charge on any atom is -0.464 e. The molecule has 18 heavy (non-hydrogen) atoms. The molecule has 1 N–H and O–H groups in total. The van der Waals surface area contributed by atoms with Crippen LogP contribution in [0.2, 0.25) is 0 Å². The molecule has 0 aliphatic rings. The molecule has 3 nitrogen and oxygen atoms in total. The number of carbonyl (C=O) groups is 1. The highest BCUT2D eigenvalue weighted by Crippen LogP contribution is 2.18. The van der Waals surface area contributed by atoms with Crippen LogP contribution in [0.25, 0.3) is 17.0 Å². The molecule has 2 aromatic rings. The second-order valence-electron chi connectivity index (χ2n) is 3.90. The molecule has 94 valence electrons. The Labute approximate surface area is 114 Å². The van der Waals surface area contributed by atoms with Crippen molar-refractivity contribution in [1.82, 2.24) is 4.98 Å². The molecule has 0 spiro atoms. The van der Waals surface area contributed by atoms with Crippen molar-refractivity contribution in [2.45, 2.75) is 6.42 Å². The Morgan fingerprint density at radius 2 is 2.28 bits per heavy atom. The van der Waals surface area contributed by atoms with Crippen molar-refractivity contribution in [3.8, 4) is 0 Å². The van der Waals surface area contributed by atoms with Gasteiger partial charge >= 0.3 is 5.97 Å². The van der Waals surface area contributed by atoms with Crippen LogP contribution in [0, 0.1) is 0 Å². The lowest BCUT2D eigenvalue weighted by Crippen LogP contribution is -2.00. The number of halogens is 1. The maximum absolute atomic E-state index is 11.4. The Morgan fingerprint density at radius 1 is 1.44 bits per heavy atom. The topological polar surface area (TPSA) is 42.1 Å². The largest absolute Gasteiger partial charge is 0.464 e. The zero-order valence-electron chi connectivity index (χ0n) is 10.1. The van der Waals surface area contributed by atoms with Crippen molar-refractivity contribution >= 4 is 38.9 Å². The van der Waals surface area contributed by atoms with Gasteiger partial charge in [-0.05, 0) is 24.1 Å². The maximum Gasteiger partial charge on any atom is 0.354 e. The fourth-order valence-corrected chi connectivity index (χ4v) is 2.02. The van der Waals surface area contributed by atoms with Gasteiger partial charge < -0.3 is 9.72 Å². The third-order valence-corrected chi connectivity index (χ3v) is 3.10. The highest BCUT2D eigenvalue weighted by molar-refractivity contribution is 9.09. The van der Waals surface area contributed by atoms with Crippen LogP contribution in [0.3, 0.4) is 0 Å². The van der Waals surface area contributed by atoms with E-state index in [1.807, 2.05) is 18.2 Å². The molecule has 0 amide bonds. The van der Waals surface area contributed by atoms with Gasteiger partial charge in [-0.1, -0.05) is 40.2 Å². The SMILES string of the molecule is COC(=O)c1cc2ccc(C=CCCBr)cc2[nH]1. The monoisotopic (exact) mass is 307 g/mol. The number of rotatable bonds is 4. The van der Waals surface area contributed by atoms with Crippen molar-refractivity contribution in [2.75, 3.05) is 12.4 Å². The lowest BCUT2D eigenvalue weighted by molar-refractivity contribution is 0.0595. The first-order valence-corrected chi connectivity index (χ1v) is 6.80. The van der Waals surface area contributed by atoms with Gasteiger partial charge in [0.1, 0.15) is 5.69 Å². The number of alkyl halides is 1. The number of H-pyrrole nitrogens is 1. The van der Waals surface area contributed by atoms with Gasteiger partial charge in [0.25, 0.3) is 0 Å². The Kier molecular flexibility index (Phi) is 4.20. The van der Waals surface area contributed by atoms with Crippen LogP contribution < -0.4 is 0 Å². The molecule has 1 aromatic carbocycles. The van der Waals surface area contributed by atoms with E-state index in [1.165, 1.54) is 7.11 Å². The maximum atomic E-state index is 11.4. The molecule has 0 aliphatic heterocycles. The van der Waals surface area contributed by atoms with E-state index in [0.29, 0.717) is 5.69 Å². The van der Waals surface area contributed by atoms with Crippen LogP contribution in [0.4, 0.5) is 0 Å². The summed E-state index contributed by atoms with van der Waals surface area (Å²) < 4.78 is 4.69. The van der Waals surface area contributed by atoms with Crippen molar-refractivity contribution in [1.29, 1.82) is 0 Å². The average molecular weight is 308 g/mol. The second-order valence-corrected chi connectivity index (χ2v) is 4.69. The van der Waals surface area contributed by atoms with E-state index >= 15 is 0 Å². The number of hydrogen-bond acceptors (Lipinski definition) is 2. The third kappa shape index (κ3) is 2.82. The van der Waals surface area contributed by atoms with Crippen molar-refractivity contribution in [2.24, 2.45) is 0 Å². The van der Waals surface area contributed by atoms with Gasteiger partial charge in [0.05, 0.1) is 7.11 Å². The molecule has 0 saturated carbocycles. The fraction of sp³-hybridized carbons (Fsp3) is 0.214. The molecule has 0 fully saturated rings. The third-order valence-electron chi connectivity index (χ3n) is 2.64. The summed E-state index contributed by atoms with van der Waals surface area (Å²) in [6, 6.07) is 7.84. The number of aromatic amines is 1. The zero-order chi connectivity index (χ0) is 13.0. The molecular weight excluding hydrogens is 294 g/mol. The highest BCUT2D eigenvalue weighted by Gasteiger charge is 2.08. The predicted molar refractivity (Wildman–Crippen MR) is 77.1 cm³/mol. The smallest absolute Gasteiger partial charge is 0.354 e. The summed E-state index contributed by atoms with van der Waals surface area (Å²) in [5, 5.41) is 1.97. The van der Waals surface area contributed by atoms with Crippen molar-refractivity contribution < 1.29 is 9.53 Å². The average Bonchev–Trinajstić information content (AvgIpc) is 2.81. The summed E-state index contributed by atoms with van der Waals surface area (Å²) >= 11 is 3.38. The van der Waals surface area contributed by atoms with E-state index < -0.39 is 0 Å². The number of nitrogens with one attached hydrogen (secondary N) is 1. The number of benzene rings is 1. The molecule has 0 saturated heterocycles. The first-order valence-electron chi connectivity index (χ1n) is 5.68. The Morgan fingerprint density at radius 3 is 3.00 bits per heavy atom. The molecule has 0 aliphatic carbocycles. The Hall–Kier alpha value is -1.55. The standard InChI is InChI=1S/C14H14BrNO2/c1-18-14(17)13-9-11-6-5-10(4-2-3-7-15)8-12(11)16-13/h2,4-6,8-9,16H,3,7H2,1H3. The molecule has 0 radical (unpaired) electrons. The lowest BCUT2D eigenvalue weighted by atomic mass is 10.1. The number of allylic oxidation sites excluding steroid dienone is 1. The van der Waals surface area contributed by atoms with E-state index in [9.17, 15) is 4.79 Å². The minimum atomic E-state index is -0.345. The highest BCUT2D eigenvalue weighted by atomic mass is 79.9. The van der Waals surface area contributed by atoms with Crippen LogP contribution in [-0.4, -0.2) is 23.4 Å². The molecule has 0 unspecified atom stereocenters. The van der Waals surface area contributed by atoms with Gasteiger partial charge in [0.15, 0.2) is 0 Å². The minimum absolute atomic E-state index is 0.345. The van der Waals surface area contributed by atoms with Gasteiger partial charge in [-0.2, -0.15) is 0 Å². The van der Waals surface area contributed by atoms with Crippen LogP contribution in [0.15, 0.2) is 30.3 Å². The van der Waals surface area contributed by atoms with E-state index in [0.717, 1.165) is 28.2 Å². The summed E-state index contributed by atoms with van der Waals surface area (Å²) in [5.41, 5.74) is 2.53. The van der Waals surface area contributed by atoms with Gasteiger partial charge in [0, 0.05) is 16.2 Å². The van der Waals surface area contributed by atoms with Crippen molar-refractivity contribution in [3.05, 3.63) is 41.6 Å². The number of carbonyl (C=O) groups excluding carboxylic acids is 1. The van der Waals surface area contributed by atoms with Crippen molar-refractivity contribution in [3.63, 3.8) is 0 Å². The number of aromatic nitrogens is 1. The molecular formula is C14H14BrNO2. The number of methoxy groups -OCH3 is 1. The molecule has 2 rings (SSSR count). The molecule has 1 heterocycles. The molecule has 1 aromatic heterocycles. The molecule has 4 heteroatoms.